The minimum absolute atomic E-state index is 0.254. The lowest BCUT2D eigenvalue weighted by Gasteiger charge is -2.37. The maximum Gasteiger partial charge on any atom is 0.319 e. The summed E-state index contributed by atoms with van der Waals surface area (Å²) in [7, 11) is 0. The van der Waals surface area contributed by atoms with Gasteiger partial charge in [0.25, 0.3) is 0 Å². The molecule has 2 N–H and O–H groups in total. The Labute approximate surface area is 157 Å². The minimum atomic E-state index is -0.254. The van der Waals surface area contributed by atoms with E-state index in [0.717, 1.165) is 45.9 Å². The highest BCUT2D eigenvalue weighted by atomic mass is 35.5. The first-order valence-electron chi connectivity index (χ1n) is 8.53. The third kappa shape index (κ3) is 5.21. The van der Waals surface area contributed by atoms with Crippen molar-refractivity contribution in [3.8, 4) is 0 Å². The Morgan fingerprint density at radius 2 is 2.00 bits per heavy atom. The summed E-state index contributed by atoms with van der Waals surface area (Å²) in [6.07, 6.45) is 1.03. The number of ether oxygens (including phenoxy) is 2. The Morgan fingerprint density at radius 3 is 2.68 bits per heavy atom. The number of hydrogen-bond donors (Lipinski definition) is 2. The van der Waals surface area contributed by atoms with Crippen molar-refractivity contribution in [1.82, 2.24) is 10.2 Å². The van der Waals surface area contributed by atoms with Gasteiger partial charge in [0.05, 0.1) is 29.9 Å². The lowest BCUT2D eigenvalue weighted by Crippen LogP contribution is -2.52. The van der Waals surface area contributed by atoms with Crippen LogP contribution in [0.1, 0.15) is 6.42 Å². The van der Waals surface area contributed by atoms with Crippen LogP contribution in [0, 0.1) is 5.92 Å². The quantitative estimate of drug-likeness (QED) is 0.815. The van der Waals surface area contributed by atoms with Crippen molar-refractivity contribution in [3.05, 3.63) is 28.2 Å². The normalized spacial score (nSPS) is 22.6. The van der Waals surface area contributed by atoms with E-state index in [0.29, 0.717) is 28.2 Å². The van der Waals surface area contributed by atoms with Gasteiger partial charge in [-0.25, -0.2) is 4.79 Å². The summed E-state index contributed by atoms with van der Waals surface area (Å²) >= 11 is 11.9. The maximum absolute atomic E-state index is 12.2. The molecule has 25 heavy (non-hydrogen) atoms. The van der Waals surface area contributed by atoms with Crippen LogP contribution >= 0.6 is 23.2 Å². The summed E-state index contributed by atoms with van der Waals surface area (Å²) in [6.45, 7) is 5.36. The van der Waals surface area contributed by atoms with Crippen LogP contribution < -0.4 is 10.6 Å². The standard InChI is InChI=1S/C17H23Cl2N3O3/c18-14-2-1-13(9-15(14)19)21-17(23)20-10-16(12-3-6-25-11-12)22-4-7-24-8-5-22/h1-2,9,12,16H,3-8,10-11H2,(H2,20,21,23)/t12-,16+/m1/s1. The fourth-order valence-corrected chi connectivity index (χ4v) is 3.60. The Hall–Kier alpha value is -1.05. The highest BCUT2D eigenvalue weighted by Gasteiger charge is 2.31. The van der Waals surface area contributed by atoms with Crippen molar-refractivity contribution in [2.24, 2.45) is 5.92 Å². The summed E-state index contributed by atoms with van der Waals surface area (Å²) in [5, 5.41) is 6.64. The highest BCUT2D eigenvalue weighted by Crippen LogP contribution is 2.25. The van der Waals surface area contributed by atoms with Gasteiger partial charge in [0.2, 0.25) is 0 Å². The van der Waals surface area contributed by atoms with E-state index >= 15 is 0 Å². The summed E-state index contributed by atoms with van der Waals surface area (Å²) in [6, 6.07) is 5.01. The number of morpholine rings is 1. The van der Waals surface area contributed by atoms with Gasteiger partial charge in [-0.15, -0.1) is 0 Å². The van der Waals surface area contributed by atoms with Crippen LogP contribution in [0.4, 0.5) is 10.5 Å². The molecule has 2 saturated heterocycles. The van der Waals surface area contributed by atoms with E-state index < -0.39 is 0 Å². The van der Waals surface area contributed by atoms with Gasteiger partial charge in [0.1, 0.15) is 0 Å². The third-order valence-corrected chi connectivity index (χ3v) is 5.41. The number of nitrogens with one attached hydrogen (secondary N) is 2. The molecule has 2 heterocycles. The molecule has 2 fully saturated rings. The molecule has 1 aromatic rings. The van der Waals surface area contributed by atoms with Gasteiger partial charge < -0.3 is 20.1 Å². The van der Waals surface area contributed by atoms with E-state index in [9.17, 15) is 4.79 Å². The van der Waals surface area contributed by atoms with Crippen molar-refractivity contribution < 1.29 is 14.3 Å². The first-order chi connectivity index (χ1) is 12.1. The molecule has 0 spiro atoms. The monoisotopic (exact) mass is 387 g/mol. The van der Waals surface area contributed by atoms with Crippen molar-refractivity contribution >= 4 is 34.9 Å². The van der Waals surface area contributed by atoms with E-state index in [-0.39, 0.29) is 12.1 Å². The third-order valence-electron chi connectivity index (χ3n) is 4.67. The predicted octanol–water partition coefficient (Wildman–Crippen LogP) is 2.85. The summed E-state index contributed by atoms with van der Waals surface area (Å²) in [5.41, 5.74) is 0.610. The average molecular weight is 388 g/mol. The topological polar surface area (TPSA) is 62.8 Å². The molecule has 6 nitrogen and oxygen atoms in total. The van der Waals surface area contributed by atoms with E-state index in [2.05, 4.69) is 15.5 Å². The largest absolute Gasteiger partial charge is 0.381 e. The van der Waals surface area contributed by atoms with E-state index in [4.69, 9.17) is 32.7 Å². The molecule has 138 valence electrons. The molecule has 2 aliphatic heterocycles. The van der Waals surface area contributed by atoms with Crippen LogP contribution in [0.5, 0.6) is 0 Å². The van der Waals surface area contributed by atoms with Crippen LogP contribution in [0.2, 0.25) is 10.0 Å². The van der Waals surface area contributed by atoms with Gasteiger partial charge in [0.15, 0.2) is 0 Å². The molecule has 0 bridgehead atoms. The zero-order valence-electron chi connectivity index (χ0n) is 14.0. The molecule has 2 aliphatic rings. The van der Waals surface area contributed by atoms with Gasteiger partial charge in [-0.1, -0.05) is 23.2 Å². The molecule has 1 aromatic carbocycles. The second kappa shape index (κ2) is 9.05. The van der Waals surface area contributed by atoms with Crippen molar-refractivity contribution in [2.75, 3.05) is 51.4 Å². The molecule has 2 amide bonds. The fraction of sp³-hybridized carbons (Fsp3) is 0.588. The van der Waals surface area contributed by atoms with Gasteiger partial charge >= 0.3 is 6.03 Å². The van der Waals surface area contributed by atoms with Gasteiger partial charge in [-0.05, 0) is 24.6 Å². The van der Waals surface area contributed by atoms with Gasteiger partial charge in [-0.2, -0.15) is 0 Å². The van der Waals surface area contributed by atoms with Crippen LogP contribution in [-0.4, -0.2) is 63.0 Å². The Morgan fingerprint density at radius 1 is 1.20 bits per heavy atom. The number of amides is 2. The number of hydrogen-bond acceptors (Lipinski definition) is 4. The molecule has 8 heteroatoms. The number of carbonyl (C=O) groups is 1. The van der Waals surface area contributed by atoms with Crippen molar-refractivity contribution in [3.63, 3.8) is 0 Å². The fourth-order valence-electron chi connectivity index (χ4n) is 3.31. The van der Waals surface area contributed by atoms with Crippen LogP contribution in [0.3, 0.4) is 0 Å². The Kier molecular flexibility index (Phi) is 6.78. The molecule has 0 unspecified atom stereocenters. The molecular weight excluding hydrogens is 365 g/mol. The maximum atomic E-state index is 12.2. The van der Waals surface area contributed by atoms with E-state index in [1.165, 1.54) is 0 Å². The number of rotatable bonds is 5. The zero-order valence-corrected chi connectivity index (χ0v) is 15.5. The average Bonchev–Trinajstić information content (AvgIpc) is 3.14. The molecule has 0 radical (unpaired) electrons. The Bertz CT molecular complexity index is 591. The van der Waals surface area contributed by atoms with E-state index in [1.807, 2.05) is 0 Å². The molecule has 3 rings (SSSR count). The Balaban J connectivity index is 1.55. The zero-order chi connectivity index (χ0) is 17.6. The number of carbonyl (C=O) groups excluding carboxylic acids is 1. The second-order valence-corrected chi connectivity index (χ2v) is 7.12. The summed E-state index contributed by atoms with van der Waals surface area (Å²) in [4.78, 5) is 14.6. The highest BCUT2D eigenvalue weighted by molar-refractivity contribution is 6.42. The molecule has 2 atom stereocenters. The summed E-state index contributed by atoms with van der Waals surface area (Å²) < 4.78 is 11.0. The van der Waals surface area contributed by atoms with Crippen molar-refractivity contribution in [2.45, 2.75) is 12.5 Å². The molecule has 0 aromatic heterocycles. The predicted molar refractivity (Wildman–Crippen MR) is 98.6 cm³/mol. The summed E-state index contributed by atoms with van der Waals surface area (Å²) in [5.74, 6) is 0.434. The minimum Gasteiger partial charge on any atom is -0.381 e. The van der Waals surface area contributed by atoms with Crippen molar-refractivity contribution in [1.29, 1.82) is 0 Å². The number of nitrogens with zero attached hydrogens (tertiary/aromatic N) is 1. The number of anilines is 1. The number of urea groups is 1. The lowest BCUT2D eigenvalue weighted by atomic mass is 9.97. The van der Waals surface area contributed by atoms with Crippen LogP contribution in [0.25, 0.3) is 0 Å². The second-order valence-electron chi connectivity index (χ2n) is 6.30. The molecular formula is C17H23Cl2N3O3. The lowest BCUT2D eigenvalue weighted by molar-refractivity contribution is 0.00222. The smallest absolute Gasteiger partial charge is 0.319 e. The van der Waals surface area contributed by atoms with Gasteiger partial charge in [0, 0.05) is 43.9 Å². The van der Waals surface area contributed by atoms with Gasteiger partial charge in [-0.3, -0.25) is 4.90 Å². The first kappa shape index (κ1) is 18.7. The van der Waals surface area contributed by atoms with Crippen LogP contribution in [0.15, 0.2) is 18.2 Å². The number of benzene rings is 1. The molecule has 0 aliphatic carbocycles. The van der Waals surface area contributed by atoms with E-state index in [1.54, 1.807) is 18.2 Å². The number of halogens is 2. The SMILES string of the molecule is O=C(NC[C@@H]([C@@H]1CCOC1)N1CCOCC1)Nc1ccc(Cl)c(Cl)c1. The molecule has 0 saturated carbocycles. The van der Waals surface area contributed by atoms with Crippen LogP contribution in [-0.2, 0) is 9.47 Å². The first-order valence-corrected chi connectivity index (χ1v) is 9.28.